The number of ether oxygens (including phenoxy) is 1. The van der Waals surface area contributed by atoms with Gasteiger partial charge in [0.1, 0.15) is 5.52 Å². The van der Waals surface area contributed by atoms with Crippen LogP contribution in [0.5, 0.6) is 0 Å². The molecule has 4 rings (SSSR count). The summed E-state index contributed by atoms with van der Waals surface area (Å²) in [4.78, 5) is 21.8. The molecule has 1 aliphatic carbocycles. The Bertz CT molecular complexity index is 807. The normalized spacial score (nSPS) is 22.0. The number of nitrogens with zero attached hydrogens (tertiary/aromatic N) is 3. The lowest BCUT2D eigenvalue weighted by Gasteiger charge is -2.28. The maximum Gasteiger partial charge on any atom is 0.229 e. The molecule has 6 nitrogen and oxygen atoms in total. The van der Waals surface area contributed by atoms with Crippen LogP contribution in [0.4, 0.5) is 5.95 Å². The lowest BCUT2D eigenvalue weighted by molar-refractivity contribution is -0.119. The molecule has 0 unspecified atom stereocenters. The van der Waals surface area contributed by atoms with E-state index in [9.17, 15) is 4.79 Å². The number of fused-ring (bicyclic) bond motifs is 1. The molecule has 6 heteroatoms. The first kappa shape index (κ1) is 18.8. The first-order valence-corrected chi connectivity index (χ1v) is 9.24. The molecule has 1 amide bonds. The van der Waals surface area contributed by atoms with Gasteiger partial charge in [-0.3, -0.25) is 14.7 Å². The Labute approximate surface area is 155 Å². The van der Waals surface area contributed by atoms with Gasteiger partial charge in [-0.25, -0.2) is 9.97 Å². The number of rotatable bonds is 4. The highest BCUT2D eigenvalue weighted by Crippen LogP contribution is 2.37. The second-order valence-corrected chi connectivity index (χ2v) is 7.98. The molecule has 1 saturated carbocycles. The van der Waals surface area contributed by atoms with Crippen LogP contribution in [0.3, 0.4) is 0 Å². The summed E-state index contributed by atoms with van der Waals surface area (Å²) in [6, 6.07) is 4.32. The summed E-state index contributed by atoms with van der Waals surface area (Å²) >= 11 is 0. The Balaban J connectivity index is 0.00000196. The maximum atomic E-state index is 12.5. The van der Waals surface area contributed by atoms with Crippen LogP contribution in [0.25, 0.3) is 11.2 Å². The van der Waals surface area contributed by atoms with Gasteiger partial charge in [-0.15, -0.1) is 0 Å². The van der Waals surface area contributed by atoms with Crippen molar-refractivity contribution in [1.82, 2.24) is 14.5 Å². The second-order valence-electron chi connectivity index (χ2n) is 7.98. The molecule has 2 aromatic heterocycles. The van der Waals surface area contributed by atoms with E-state index in [1.165, 1.54) is 6.42 Å². The minimum Gasteiger partial charge on any atom is -0.372 e. The largest absolute Gasteiger partial charge is 0.372 e. The van der Waals surface area contributed by atoms with Gasteiger partial charge in [-0.2, -0.15) is 0 Å². The van der Waals surface area contributed by atoms with Gasteiger partial charge >= 0.3 is 0 Å². The lowest BCUT2D eigenvalue weighted by atomic mass is 9.93. The van der Waals surface area contributed by atoms with Crippen molar-refractivity contribution in [3.63, 3.8) is 0 Å². The van der Waals surface area contributed by atoms with Gasteiger partial charge < -0.3 is 4.74 Å². The summed E-state index contributed by atoms with van der Waals surface area (Å²) in [7, 11) is 0. The number of hydrogen-bond donors (Lipinski definition) is 1. The van der Waals surface area contributed by atoms with E-state index in [1.54, 1.807) is 0 Å². The lowest BCUT2D eigenvalue weighted by Crippen LogP contribution is -2.26. The van der Waals surface area contributed by atoms with E-state index in [1.807, 2.05) is 19.1 Å². The highest BCUT2D eigenvalue weighted by Gasteiger charge is 2.33. The Morgan fingerprint density at radius 1 is 1.31 bits per heavy atom. The maximum absolute atomic E-state index is 12.5. The minimum atomic E-state index is -0.120. The quantitative estimate of drug-likeness (QED) is 0.880. The van der Waals surface area contributed by atoms with Crippen molar-refractivity contribution in [3.8, 4) is 0 Å². The molecule has 1 N–H and O–H groups in total. The molecule has 0 bridgehead atoms. The third-order valence-electron chi connectivity index (χ3n) is 5.33. The standard InChI is InChI=1S/C19H26N4O2.CH4/c1-12-7-8-15-17(20-12)23(13-5-4-6-13)18(21-15)22-16(24)11-14-9-10-19(2,3)25-14;/h7-8,13-14H,4-6,9-11H2,1-3H3,(H,21,22,24);1H4/t14-;/m0./s1. The van der Waals surface area contributed by atoms with Crippen LogP contribution in [-0.4, -0.2) is 32.1 Å². The Morgan fingerprint density at radius 3 is 2.69 bits per heavy atom. The Kier molecular flexibility index (Phi) is 5.06. The van der Waals surface area contributed by atoms with Gasteiger partial charge in [0, 0.05) is 11.7 Å². The molecule has 1 saturated heterocycles. The fraction of sp³-hybridized carbons (Fsp3) is 0.650. The highest BCUT2D eigenvalue weighted by molar-refractivity contribution is 5.91. The fourth-order valence-corrected chi connectivity index (χ4v) is 3.75. The van der Waals surface area contributed by atoms with Crippen LogP contribution in [0, 0.1) is 6.92 Å². The molecule has 142 valence electrons. The zero-order valence-electron chi connectivity index (χ0n) is 15.2. The SMILES string of the molecule is C.Cc1ccc2nc(NC(=O)C[C@@H]3CCC(C)(C)O3)n(C3CCC3)c2n1. The second kappa shape index (κ2) is 6.99. The summed E-state index contributed by atoms with van der Waals surface area (Å²) in [6.45, 7) is 6.14. The van der Waals surface area contributed by atoms with Gasteiger partial charge in [-0.05, 0) is 65.0 Å². The van der Waals surface area contributed by atoms with Crippen LogP contribution in [0.2, 0.25) is 0 Å². The predicted octanol–water partition coefficient (Wildman–Crippen LogP) is 4.39. The van der Waals surface area contributed by atoms with E-state index in [4.69, 9.17) is 4.74 Å². The van der Waals surface area contributed by atoms with Crippen molar-refractivity contribution in [3.05, 3.63) is 17.8 Å². The molecule has 3 heterocycles. The van der Waals surface area contributed by atoms with E-state index in [0.29, 0.717) is 18.4 Å². The number of carbonyl (C=O) groups is 1. The monoisotopic (exact) mass is 358 g/mol. The number of nitrogens with one attached hydrogen (secondary N) is 1. The molecule has 1 aliphatic heterocycles. The average Bonchev–Trinajstić information content (AvgIpc) is 2.98. The first-order chi connectivity index (χ1) is 11.9. The van der Waals surface area contributed by atoms with Crippen molar-refractivity contribution in [1.29, 1.82) is 0 Å². The first-order valence-electron chi connectivity index (χ1n) is 9.24. The van der Waals surface area contributed by atoms with Gasteiger partial charge in [0.05, 0.1) is 18.1 Å². The summed E-state index contributed by atoms with van der Waals surface area (Å²) in [6.07, 6.45) is 5.75. The molecule has 1 atom stereocenters. The number of hydrogen-bond acceptors (Lipinski definition) is 4. The van der Waals surface area contributed by atoms with Crippen LogP contribution in [0.15, 0.2) is 12.1 Å². The number of anilines is 1. The summed E-state index contributed by atoms with van der Waals surface area (Å²) in [5.74, 6) is 0.593. The zero-order chi connectivity index (χ0) is 17.6. The van der Waals surface area contributed by atoms with Crippen molar-refractivity contribution < 1.29 is 9.53 Å². The molecule has 0 spiro atoms. The van der Waals surface area contributed by atoms with Crippen LogP contribution < -0.4 is 5.32 Å². The van der Waals surface area contributed by atoms with E-state index in [2.05, 4.69) is 33.7 Å². The summed E-state index contributed by atoms with van der Waals surface area (Å²) in [5, 5.41) is 3.02. The number of imidazole rings is 1. The van der Waals surface area contributed by atoms with E-state index >= 15 is 0 Å². The number of carbonyl (C=O) groups excluding carboxylic acids is 1. The topological polar surface area (TPSA) is 69.0 Å². The highest BCUT2D eigenvalue weighted by atomic mass is 16.5. The van der Waals surface area contributed by atoms with Crippen LogP contribution in [-0.2, 0) is 9.53 Å². The van der Waals surface area contributed by atoms with Crippen molar-refractivity contribution in [2.45, 2.75) is 84.5 Å². The van der Waals surface area contributed by atoms with E-state index < -0.39 is 0 Å². The van der Waals surface area contributed by atoms with Gasteiger partial charge in [0.2, 0.25) is 11.9 Å². The third kappa shape index (κ3) is 3.61. The van der Waals surface area contributed by atoms with Crippen LogP contribution >= 0.6 is 0 Å². The average molecular weight is 358 g/mol. The van der Waals surface area contributed by atoms with Crippen molar-refractivity contribution >= 4 is 23.0 Å². The number of amides is 1. The Morgan fingerprint density at radius 2 is 2.08 bits per heavy atom. The third-order valence-corrected chi connectivity index (χ3v) is 5.33. The van der Waals surface area contributed by atoms with E-state index in [0.717, 1.165) is 42.5 Å². The molecular formula is C20H30N4O2. The number of pyridine rings is 1. The van der Waals surface area contributed by atoms with Gasteiger partial charge in [-0.1, -0.05) is 7.43 Å². The molecule has 0 radical (unpaired) electrons. The molecule has 2 fully saturated rings. The Hall–Kier alpha value is -1.95. The number of aromatic nitrogens is 3. The minimum absolute atomic E-state index is 0. The molecule has 26 heavy (non-hydrogen) atoms. The summed E-state index contributed by atoms with van der Waals surface area (Å²) in [5.41, 5.74) is 2.56. The molecule has 2 aromatic rings. The van der Waals surface area contributed by atoms with E-state index in [-0.39, 0.29) is 25.0 Å². The molecule has 2 aliphatic rings. The van der Waals surface area contributed by atoms with Gasteiger partial charge in [0.15, 0.2) is 5.65 Å². The fourth-order valence-electron chi connectivity index (χ4n) is 3.75. The predicted molar refractivity (Wildman–Crippen MR) is 103 cm³/mol. The smallest absolute Gasteiger partial charge is 0.229 e. The number of aryl methyl sites for hydroxylation is 1. The van der Waals surface area contributed by atoms with Crippen molar-refractivity contribution in [2.24, 2.45) is 0 Å². The van der Waals surface area contributed by atoms with Gasteiger partial charge in [0.25, 0.3) is 0 Å². The molecule has 0 aromatic carbocycles. The summed E-state index contributed by atoms with van der Waals surface area (Å²) < 4.78 is 8.06. The van der Waals surface area contributed by atoms with Crippen LogP contribution in [0.1, 0.15) is 71.5 Å². The van der Waals surface area contributed by atoms with Crippen molar-refractivity contribution in [2.75, 3.05) is 5.32 Å². The molecular weight excluding hydrogens is 328 g/mol. The zero-order valence-corrected chi connectivity index (χ0v) is 15.2.